The molecule has 2 fully saturated rings. The van der Waals surface area contributed by atoms with Crippen LogP contribution in [0, 0.1) is 22.7 Å². The van der Waals surface area contributed by atoms with Gasteiger partial charge < -0.3 is 14.9 Å². The molecule has 32 heavy (non-hydrogen) atoms. The van der Waals surface area contributed by atoms with Crippen molar-refractivity contribution in [2.24, 2.45) is 22.7 Å². The summed E-state index contributed by atoms with van der Waals surface area (Å²) in [5, 5.41) is 18.8. The van der Waals surface area contributed by atoms with E-state index in [1.54, 1.807) is 0 Å². The van der Waals surface area contributed by atoms with E-state index in [0.717, 1.165) is 38.4 Å². The second-order valence-corrected chi connectivity index (χ2v) is 10.4. The summed E-state index contributed by atoms with van der Waals surface area (Å²) in [5.74, 6) is 0.773. The van der Waals surface area contributed by atoms with Crippen molar-refractivity contribution in [3.8, 4) is 0 Å². The molecule has 2 N–H and O–H groups in total. The van der Waals surface area contributed by atoms with Gasteiger partial charge in [-0.3, -0.25) is 9.59 Å². The second kappa shape index (κ2) is 8.33. The normalized spacial score (nSPS) is 37.8. The molecule has 0 aromatic carbocycles. The van der Waals surface area contributed by atoms with Crippen molar-refractivity contribution in [2.75, 3.05) is 6.61 Å². The van der Waals surface area contributed by atoms with E-state index >= 15 is 0 Å². The summed E-state index contributed by atoms with van der Waals surface area (Å²) in [6, 6.07) is 0. The molecule has 5 atom stereocenters. The van der Waals surface area contributed by atoms with Crippen LogP contribution < -0.4 is 0 Å². The van der Waals surface area contributed by atoms with Crippen LogP contribution in [0.3, 0.4) is 0 Å². The zero-order chi connectivity index (χ0) is 24.1. The van der Waals surface area contributed by atoms with E-state index in [4.69, 9.17) is 14.6 Å². The second-order valence-electron chi connectivity index (χ2n) is 10.4. The van der Waals surface area contributed by atoms with Crippen LogP contribution >= 0.6 is 0 Å². The smallest absolute Gasteiger partial charge is 0.300 e. The summed E-state index contributed by atoms with van der Waals surface area (Å²) >= 11 is 0. The van der Waals surface area contributed by atoms with E-state index in [0.29, 0.717) is 24.5 Å². The molecule has 4 aliphatic rings. The van der Waals surface area contributed by atoms with Gasteiger partial charge in [-0.05, 0) is 86.5 Å². The Bertz CT molecular complexity index is 934. The minimum Gasteiger partial charge on any atom is -0.498 e. The van der Waals surface area contributed by atoms with Crippen molar-refractivity contribution in [3.05, 3.63) is 46.8 Å². The Labute approximate surface area is 191 Å². The first-order valence-electron chi connectivity index (χ1n) is 11.7. The number of fused-ring (bicyclic) bond motifs is 5. The lowest BCUT2D eigenvalue weighted by Crippen LogP contribution is -2.54. The molecule has 4 aliphatic carbocycles. The highest BCUT2D eigenvalue weighted by Crippen LogP contribution is 2.67. The summed E-state index contributed by atoms with van der Waals surface area (Å²) in [7, 11) is 0. The standard InChI is InChI=1S/C25H34O3.C2H4O2/c1-7-28-18-8-10-23(5)20-9-11-24(6)22(13-16(3)25(24,27)17(4)26)19(20)12-15(2)21(23)14-18;1-2(3)4/h12,14,20,22,27H,3,7-11,13H2,1-2,4-6H3;1H3,(H,3,4)/t20-,22-,23+,24-,25-;/m0./s1. The molecular weight excluding hydrogens is 404 g/mol. The average molecular weight is 443 g/mol. The first-order chi connectivity index (χ1) is 14.8. The highest BCUT2D eigenvalue weighted by molar-refractivity contribution is 5.90. The molecule has 0 heterocycles. The maximum Gasteiger partial charge on any atom is 0.300 e. The van der Waals surface area contributed by atoms with Crippen molar-refractivity contribution in [1.29, 1.82) is 0 Å². The lowest BCUT2D eigenvalue weighted by atomic mass is 9.50. The summed E-state index contributed by atoms with van der Waals surface area (Å²) in [6.07, 6.45) is 9.29. The van der Waals surface area contributed by atoms with Crippen LogP contribution in [0.15, 0.2) is 46.8 Å². The molecule has 176 valence electrons. The van der Waals surface area contributed by atoms with Crippen LogP contribution in [0.5, 0.6) is 0 Å². The molecule has 0 spiro atoms. The number of rotatable bonds is 3. The highest BCUT2D eigenvalue weighted by Gasteiger charge is 2.65. The number of aliphatic carboxylic acids is 1. The minimum atomic E-state index is -1.39. The van der Waals surface area contributed by atoms with Crippen LogP contribution in [0.25, 0.3) is 0 Å². The summed E-state index contributed by atoms with van der Waals surface area (Å²) in [6.45, 7) is 16.2. The average Bonchev–Trinajstić information content (AvgIpc) is 2.91. The lowest BCUT2D eigenvalue weighted by molar-refractivity contribution is -0.145. The van der Waals surface area contributed by atoms with Crippen molar-refractivity contribution in [1.82, 2.24) is 0 Å². The molecule has 0 radical (unpaired) electrons. The van der Waals surface area contributed by atoms with Crippen LogP contribution in [-0.4, -0.2) is 34.2 Å². The molecule has 0 saturated heterocycles. The van der Waals surface area contributed by atoms with Crippen LogP contribution in [0.1, 0.15) is 73.6 Å². The predicted molar refractivity (Wildman–Crippen MR) is 125 cm³/mol. The third-order valence-electron chi connectivity index (χ3n) is 8.54. The Balaban J connectivity index is 0.000000668. The van der Waals surface area contributed by atoms with E-state index in [-0.39, 0.29) is 17.1 Å². The van der Waals surface area contributed by atoms with Crippen LogP contribution in [0.2, 0.25) is 0 Å². The van der Waals surface area contributed by atoms with Gasteiger partial charge >= 0.3 is 0 Å². The fraction of sp³-hybridized carbons (Fsp3) is 0.630. The van der Waals surface area contributed by atoms with Gasteiger partial charge in [-0.15, -0.1) is 0 Å². The molecular formula is C27H38O5. The van der Waals surface area contributed by atoms with Gasteiger partial charge in [-0.1, -0.05) is 32.1 Å². The van der Waals surface area contributed by atoms with Gasteiger partial charge in [0, 0.05) is 18.8 Å². The van der Waals surface area contributed by atoms with Crippen LogP contribution in [0.4, 0.5) is 0 Å². The van der Waals surface area contributed by atoms with E-state index in [1.165, 1.54) is 23.6 Å². The maximum atomic E-state index is 12.5. The number of ketones is 1. The maximum absolute atomic E-state index is 12.5. The van der Waals surface area contributed by atoms with E-state index < -0.39 is 17.0 Å². The molecule has 2 saturated carbocycles. The molecule has 0 aromatic rings. The first-order valence-corrected chi connectivity index (χ1v) is 11.7. The monoisotopic (exact) mass is 442 g/mol. The third-order valence-corrected chi connectivity index (χ3v) is 8.54. The van der Waals surface area contributed by atoms with Gasteiger partial charge in [0.1, 0.15) is 5.60 Å². The summed E-state index contributed by atoms with van der Waals surface area (Å²) < 4.78 is 5.84. The van der Waals surface area contributed by atoms with Crippen molar-refractivity contribution in [3.63, 3.8) is 0 Å². The third kappa shape index (κ3) is 3.49. The molecule has 0 bridgehead atoms. The van der Waals surface area contributed by atoms with E-state index in [2.05, 4.69) is 39.5 Å². The van der Waals surface area contributed by atoms with Crippen molar-refractivity contribution >= 4 is 11.8 Å². The Hall–Kier alpha value is -2.14. The van der Waals surface area contributed by atoms with E-state index in [1.807, 2.05) is 6.92 Å². The fourth-order valence-corrected chi connectivity index (χ4v) is 6.98. The zero-order valence-corrected chi connectivity index (χ0v) is 20.4. The predicted octanol–water partition coefficient (Wildman–Crippen LogP) is 5.37. The summed E-state index contributed by atoms with van der Waals surface area (Å²) in [5.41, 5.74) is 3.12. The molecule has 0 unspecified atom stereocenters. The number of Topliss-reactive ketones (excluding diaryl/α,β-unsaturated/α-hetero) is 1. The Morgan fingerprint density at radius 2 is 1.81 bits per heavy atom. The molecule has 0 amide bonds. The van der Waals surface area contributed by atoms with Crippen LogP contribution in [-0.2, 0) is 14.3 Å². The quantitative estimate of drug-likeness (QED) is 0.574. The fourth-order valence-electron chi connectivity index (χ4n) is 6.98. The first kappa shape index (κ1) is 24.5. The van der Waals surface area contributed by atoms with E-state index in [9.17, 15) is 9.90 Å². The molecule has 5 nitrogen and oxygen atoms in total. The SMILES string of the molecule is C=C1C[C@H]2C3=CC(C)=C4C=C(OCC)CC[C@]4(C)[C@H]3CC[C@]2(C)[C@@]1(O)C(C)=O.CC(=O)O. The number of allylic oxidation sites excluding steroid dienone is 6. The Morgan fingerprint density at radius 1 is 1.19 bits per heavy atom. The number of carboxylic acid groups (broad SMARTS) is 1. The van der Waals surface area contributed by atoms with Gasteiger partial charge in [-0.25, -0.2) is 0 Å². The summed E-state index contributed by atoms with van der Waals surface area (Å²) in [4.78, 5) is 21.5. The topological polar surface area (TPSA) is 83.8 Å². The number of carbonyl (C=O) groups is 2. The number of carboxylic acids is 1. The van der Waals surface area contributed by atoms with Gasteiger partial charge in [-0.2, -0.15) is 0 Å². The number of aliphatic hydroxyl groups is 1. The van der Waals surface area contributed by atoms with Crippen molar-refractivity contribution < 1.29 is 24.5 Å². The van der Waals surface area contributed by atoms with Gasteiger partial charge in [0.25, 0.3) is 5.97 Å². The number of carbonyl (C=O) groups excluding carboxylic acids is 1. The largest absolute Gasteiger partial charge is 0.498 e. The Kier molecular flexibility index (Phi) is 6.38. The van der Waals surface area contributed by atoms with Gasteiger partial charge in [0.15, 0.2) is 5.78 Å². The molecule has 0 aromatic heterocycles. The van der Waals surface area contributed by atoms with Gasteiger partial charge in [0.2, 0.25) is 0 Å². The Morgan fingerprint density at radius 3 is 2.38 bits per heavy atom. The highest BCUT2D eigenvalue weighted by atomic mass is 16.5. The zero-order valence-electron chi connectivity index (χ0n) is 20.4. The minimum absolute atomic E-state index is 0.106. The molecule has 5 heteroatoms. The molecule has 4 rings (SSSR count). The number of hydrogen-bond acceptors (Lipinski definition) is 4. The number of ether oxygens (including phenoxy) is 1. The molecule has 0 aliphatic heterocycles. The number of hydrogen-bond donors (Lipinski definition) is 2. The van der Waals surface area contributed by atoms with Crippen molar-refractivity contribution in [2.45, 2.75) is 79.2 Å². The lowest BCUT2D eigenvalue weighted by Gasteiger charge is -2.55. The van der Waals surface area contributed by atoms with Gasteiger partial charge in [0.05, 0.1) is 12.4 Å².